The number of hydrogen-bond acceptors (Lipinski definition) is 4. The Morgan fingerprint density at radius 2 is 2.11 bits per heavy atom. The molecule has 0 bridgehead atoms. The largest absolute Gasteiger partial charge is 0.496 e. The van der Waals surface area contributed by atoms with E-state index in [0.717, 1.165) is 60.0 Å². The number of methoxy groups -OCH3 is 1. The number of aliphatic imine (C=N–C) groups is 1. The van der Waals surface area contributed by atoms with Crippen LogP contribution in [0.15, 0.2) is 52.1 Å². The van der Waals surface area contributed by atoms with Crippen LogP contribution in [0.1, 0.15) is 25.3 Å². The Hall–Kier alpha value is -2.28. The van der Waals surface area contributed by atoms with Crippen LogP contribution in [0.25, 0.3) is 0 Å². The molecule has 1 aromatic heterocycles. The van der Waals surface area contributed by atoms with Gasteiger partial charge in [-0.3, -0.25) is 0 Å². The third-order valence-electron chi connectivity index (χ3n) is 4.80. The van der Waals surface area contributed by atoms with Crippen LogP contribution in [0, 0.1) is 0 Å². The minimum Gasteiger partial charge on any atom is -0.496 e. The minimum atomic E-state index is 0.405. The summed E-state index contributed by atoms with van der Waals surface area (Å²) < 4.78 is 6.48. The number of piperidine rings is 1. The summed E-state index contributed by atoms with van der Waals surface area (Å²) in [5, 5.41) is 6.95. The Bertz CT molecular complexity index is 776. The maximum absolute atomic E-state index is 5.45. The van der Waals surface area contributed by atoms with Gasteiger partial charge in [-0.15, -0.1) is 0 Å². The average Bonchev–Trinajstić information content (AvgIpc) is 2.73. The van der Waals surface area contributed by atoms with E-state index < -0.39 is 0 Å². The van der Waals surface area contributed by atoms with Crippen molar-refractivity contribution in [1.29, 1.82) is 0 Å². The second kappa shape index (κ2) is 10.3. The van der Waals surface area contributed by atoms with Gasteiger partial charge < -0.3 is 20.3 Å². The van der Waals surface area contributed by atoms with Gasteiger partial charge >= 0.3 is 0 Å². The zero-order chi connectivity index (χ0) is 19.8. The molecule has 0 amide bonds. The zero-order valence-corrected chi connectivity index (χ0v) is 18.1. The maximum atomic E-state index is 5.45. The monoisotopic (exact) mass is 445 g/mol. The van der Waals surface area contributed by atoms with Crippen LogP contribution >= 0.6 is 15.9 Å². The molecular formula is C21H28BrN5O. The molecule has 0 unspecified atom stereocenters. The van der Waals surface area contributed by atoms with Crippen LogP contribution in [0.5, 0.6) is 5.75 Å². The Morgan fingerprint density at radius 1 is 1.29 bits per heavy atom. The van der Waals surface area contributed by atoms with Crippen molar-refractivity contribution in [2.24, 2.45) is 4.99 Å². The molecule has 1 fully saturated rings. The minimum absolute atomic E-state index is 0.405. The van der Waals surface area contributed by atoms with Gasteiger partial charge in [-0.25, -0.2) is 9.98 Å². The predicted octanol–water partition coefficient (Wildman–Crippen LogP) is 3.58. The number of halogens is 1. The van der Waals surface area contributed by atoms with Crippen molar-refractivity contribution < 1.29 is 4.74 Å². The maximum Gasteiger partial charge on any atom is 0.191 e. The Kier molecular flexibility index (Phi) is 7.54. The second-order valence-corrected chi connectivity index (χ2v) is 7.66. The van der Waals surface area contributed by atoms with Gasteiger partial charge in [0.2, 0.25) is 0 Å². The van der Waals surface area contributed by atoms with Crippen molar-refractivity contribution in [1.82, 2.24) is 15.6 Å². The van der Waals surface area contributed by atoms with Gasteiger partial charge in [0.05, 0.1) is 13.7 Å². The average molecular weight is 446 g/mol. The molecule has 7 heteroatoms. The number of rotatable bonds is 6. The van der Waals surface area contributed by atoms with Crippen molar-refractivity contribution in [2.75, 3.05) is 31.6 Å². The van der Waals surface area contributed by atoms with Crippen molar-refractivity contribution >= 4 is 27.7 Å². The highest BCUT2D eigenvalue weighted by Gasteiger charge is 2.20. The number of pyridine rings is 1. The molecule has 0 aliphatic carbocycles. The molecule has 150 valence electrons. The predicted molar refractivity (Wildman–Crippen MR) is 118 cm³/mol. The fourth-order valence-electron chi connectivity index (χ4n) is 3.34. The molecule has 0 atom stereocenters. The van der Waals surface area contributed by atoms with E-state index in [-0.39, 0.29) is 0 Å². The molecule has 6 nitrogen and oxygen atoms in total. The molecule has 1 saturated heterocycles. The van der Waals surface area contributed by atoms with Crippen molar-refractivity contribution in [3.05, 3.63) is 52.6 Å². The van der Waals surface area contributed by atoms with Crippen LogP contribution < -0.4 is 20.3 Å². The van der Waals surface area contributed by atoms with E-state index >= 15 is 0 Å². The first-order valence-electron chi connectivity index (χ1n) is 9.73. The molecule has 1 aromatic carbocycles. The summed E-state index contributed by atoms with van der Waals surface area (Å²) in [5.74, 6) is 2.76. The second-order valence-electron chi connectivity index (χ2n) is 6.74. The zero-order valence-electron chi connectivity index (χ0n) is 16.5. The molecule has 2 heterocycles. The number of nitrogens with zero attached hydrogens (tertiary/aromatic N) is 3. The number of guanidine groups is 1. The first-order chi connectivity index (χ1) is 13.7. The lowest BCUT2D eigenvalue weighted by Crippen LogP contribution is -2.48. The van der Waals surface area contributed by atoms with Gasteiger partial charge in [0.25, 0.3) is 0 Å². The normalized spacial score (nSPS) is 15.4. The van der Waals surface area contributed by atoms with Crippen molar-refractivity contribution in [3.63, 3.8) is 0 Å². The van der Waals surface area contributed by atoms with Crippen LogP contribution in [0.3, 0.4) is 0 Å². The highest BCUT2D eigenvalue weighted by Crippen LogP contribution is 2.23. The van der Waals surface area contributed by atoms with E-state index in [2.05, 4.69) is 55.5 Å². The molecule has 0 saturated carbocycles. The Labute approximate surface area is 175 Å². The SMILES string of the molecule is CCNC(=NCc1cc(Br)ccc1OC)NC1CCN(c2ccccn2)CC1. The number of benzene rings is 1. The molecule has 0 radical (unpaired) electrons. The lowest BCUT2D eigenvalue weighted by Gasteiger charge is -2.33. The third-order valence-corrected chi connectivity index (χ3v) is 5.30. The Morgan fingerprint density at radius 3 is 2.79 bits per heavy atom. The molecule has 2 N–H and O–H groups in total. The van der Waals surface area contributed by atoms with Gasteiger partial charge in [0.15, 0.2) is 5.96 Å². The summed E-state index contributed by atoms with van der Waals surface area (Å²) in [7, 11) is 1.69. The van der Waals surface area contributed by atoms with Crippen LogP contribution in [0.4, 0.5) is 5.82 Å². The fraction of sp³-hybridized carbons (Fsp3) is 0.429. The highest BCUT2D eigenvalue weighted by atomic mass is 79.9. The van der Waals surface area contributed by atoms with Gasteiger partial charge in [0.1, 0.15) is 11.6 Å². The summed E-state index contributed by atoms with van der Waals surface area (Å²) in [4.78, 5) is 11.6. The first kappa shape index (κ1) is 20.5. The highest BCUT2D eigenvalue weighted by molar-refractivity contribution is 9.10. The first-order valence-corrected chi connectivity index (χ1v) is 10.5. The number of anilines is 1. The third kappa shape index (κ3) is 5.61. The fourth-order valence-corrected chi connectivity index (χ4v) is 3.75. The van der Waals surface area contributed by atoms with E-state index in [4.69, 9.17) is 9.73 Å². The van der Waals surface area contributed by atoms with E-state index in [1.165, 1.54) is 0 Å². The number of aromatic nitrogens is 1. The van der Waals surface area contributed by atoms with Crippen molar-refractivity contribution in [2.45, 2.75) is 32.4 Å². The topological polar surface area (TPSA) is 61.8 Å². The number of ether oxygens (including phenoxy) is 1. The van der Waals surface area contributed by atoms with Gasteiger partial charge in [-0.1, -0.05) is 22.0 Å². The molecule has 2 aromatic rings. The van der Waals surface area contributed by atoms with Gasteiger partial charge in [-0.05, 0) is 50.1 Å². The summed E-state index contributed by atoms with van der Waals surface area (Å²) in [6.45, 7) is 5.46. The van der Waals surface area contributed by atoms with E-state index in [9.17, 15) is 0 Å². The molecule has 1 aliphatic rings. The number of hydrogen-bond donors (Lipinski definition) is 2. The van der Waals surface area contributed by atoms with Crippen LogP contribution in [-0.2, 0) is 6.54 Å². The molecule has 28 heavy (non-hydrogen) atoms. The van der Waals surface area contributed by atoms with Gasteiger partial charge in [0, 0.05) is 41.9 Å². The molecular weight excluding hydrogens is 418 g/mol. The smallest absolute Gasteiger partial charge is 0.191 e. The Balaban J connectivity index is 1.59. The summed E-state index contributed by atoms with van der Waals surface area (Å²) in [6.07, 6.45) is 3.97. The molecule has 1 aliphatic heterocycles. The quantitative estimate of drug-likeness (QED) is 0.525. The van der Waals surface area contributed by atoms with Crippen LogP contribution in [0.2, 0.25) is 0 Å². The van der Waals surface area contributed by atoms with E-state index in [0.29, 0.717) is 12.6 Å². The summed E-state index contributed by atoms with van der Waals surface area (Å²) in [5.41, 5.74) is 1.05. The van der Waals surface area contributed by atoms with E-state index in [1.807, 2.05) is 30.5 Å². The lowest BCUT2D eigenvalue weighted by molar-refractivity contribution is 0.409. The summed E-state index contributed by atoms with van der Waals surface area (Å²) in [6, 6.07) is 12.5. The van der Waals surface area contributed by atoms with Crippen molar-refractivity contribution in [3.8, 4) is 5.75 Å². The number of nitrogens with one attached hydrogen (secondary N) is 2. The standard InChI is InChI=1S/C21H28BrN5O/c1-3-23-21(25-15-16-14-17(22)7-8-19(16)28-2)26-18-9-12-27(13-10-18)20-6-4-5-11-24-20/h4-8,11,14,18H,3,9-10,12-13,15H2,1-2H3,(H2,23,25,26). The molecule has 0 spiro atoms. The lowest BCUT2D eigenvalue weighted by atomic mass is 10.1. The van der Waals surface area contributed by atoms with E-state index in [1.54, 1.807) is 7.11 Å². The van der Waals surface area contributed by atoms with Gasteiger partial charge in [-0.2, -0.15) is 0 Å². The van der Waals surface area contributed by atoms with Crippen LogP contribution in [-0.4, -0.2) is 43.7 Å². The summed E-state index contributed by atoms with van der Waals surface area (Å²) >= 11 is 3.52. The molecule has 3 rings (SSSR count).